The molecule has 6 heteroatoms. The molecule has 0 amide bonds. The molecule has 1 unspecified atom stereocenters. The number of halogens is 1. The summed E-state index contributed by atoms with van der Waals surface area (Å²) in [4.78, 5) is 15.8. The van der Waals surface area contributed by atoms with Gasteiger partial charge in [-0.3, -0.25) is 9.78 Å². The van der Waals surface area contributed by atoms with E-state index >= 15 is 0 Å². The Morgan fingerprint density at radius 3 is 2.75 bits per heavy atom. The third-order valence-corrected chi connectivity index (χ3v) is 4.52. The van der Waals surface area contributed by atoms with Gasteiger partial charge in [0.2, 0.25) is 0 Å². The van der Waals surface area contributed by atoms with E-state index in [2.05, 4.69) is 11.1 Å². The highest BCUT2D eigenvalue weighted by Gasteiger charge is 2.23. The number of aromatic nitrogens is 1. The van der Waals surface area contributed by atoms with Crippen LogP contribution in [0.3, 0.4) is 0 Å². The summed E-state index contributed by atoms with van der Waals surface area (Å²) in [6, 6.07) is 15.3. The molecule has 138 valence electrons. The van der Waals surface area contributed by atoms with Gasteiger partial charge in [-0.1, -0.05) is 12.1 Å². The molecule has 0 saturated heterocycles. The minimum Gasteiger partial charge on any atom is -0.492 e. The van der Waals surface area contributed by atoms with E-state index in [0.29, 0.717) is 46.8 Å². The molecule has 3 aromatic rings. The molecule has 5 nitrogen and oxygen atoms in total. The van der Waals surface area contributed by atoms with E-state index in [9.17, 15) is 9.18 Å². The molecule has 1 aliphatic rings. The zero-order chi connectivity index (χ0) is 19.5. The van der Waals surface area contributed by atoms with Crippen LogP contribution in [-0.4, -0.2) is 17.4 Å². The Kier molecular flexibility index (Phi) is 4.73. The normalized spacial score (nSPS) is 13.8. The third-order valence-electron chi connectivity index (χ3n) is 4.52. The summed E-state index contributed by atoms with van der Waals surface area (Å²) >= 11 is 0. The van der Waals surface area contributed by atoms with Crippen molar-refractivity contribution in [2.75, 3.05) is 6.61 Å². The second-order valence-electron chi connectivity index (χ2n) is 6.31. The Morgan fingerprint density at radius 1 is 1.18 bits per heavy atom. The Hall–Kier alpha value is -3.72. The first-order valence-electron chi connectivity index (χ1n) is 8.72. The number of ketones is 1. The lowest BCUT2D eigenvalue weighted by Gasteiger charge is -2.22. The lowest BCUT2D eigenvalue weighted by atomic mass is 10.0. The van der Waals surface area contributed by atoms with Gasteiger partial charge in [-0.15, -0.1) is 0 Å². The van der Waals surface area contributed by atoms with Crippen molar-refractivity contribution in [1.29, 1.82) is 5.26 Å². The van der Waals surface area contributed by atoms with Crippen LogP contribution in [0, 0.1) is 17.1 Å². The highest BCUT2D eigenvalue weighted by molar-refractivity contribution is 5.99. The number of hydrogen-bond acceptors (Lipinski definition) is 5. The van der Waals surface area contributed by atoms with Crippen molar-refractivity contribution in [3.05, 3.63) is 89.0 Å². The average Bonchev–Trinajstić information content (AvgIpc) is 2.73. The van der Waals surface area contributed by atoms with Crippen LogP contribution in [0.2, 0.25) is 0 Å². The average molecular weight is 374 g/mol. The lowest BCUT2D eigenvalue weighted by Crippen LogP contribution is -2.16. The van der Waals surface area contributed by atoms with Gasteiger partial charge in [0.25, 0.3) is 0 Å². The highest BCUT2D eigenvalue weighted by atomic mass is 19.1. The fraction of sp³-hybridized carbons (Fsp3) is 0.136. The van der Waals surface area contributed by atoms with Crippen LogP contribution in [0.25, 0.3) is 0 Å². The minimum absolute atomic E-state index is 0.0246. The molecule has 0 saturated carbocycles. The van der Waals surface area contributed by atoms with Gasteiger partial charge < -0.3 is 9.47 Å². The number of Topliss-reactive ketones (excluding diaryl/α,β-unsaturated/α-hetero) is 1. The molecule has 4 rings (SSSR count). The summed E-state index contributed by atoms with van der Waals surface area (Å²) in [6.45, 7) is 0.327. The summed E-state index contributed by atoms with van der Waals surface area (Å²) in [7, 11) is 0. The van der Waals surface area contributed by atoms with Gasteiger partial charge in [-0.05, 0) is 35.9 Å². The molecule has 0 aliphatic carbocycles. The predicted octanol–water partition coefficient (Wildman–Crippen LogP) is 4.23. The number of fused-ring (bicyclic) bond motifs is 1. The first-order valence-corrected chi connectivity index (χ1v) is 8.72. The van der Waals surface area contributed by atoms with E-state index < -0.39 is 11.9 Å². The van der Waals surface area contributed by atoms with Crippen molar-refractivity contribution < 1.29 is 18.7 Å². The van der Waals surface area contributed by atoms with Crippen LogP contribution in [0.5, 0.6) is 11.5 Å². The monoisotopic (exact) mass is 374 g/mol. The molecule has 2 heterocycles. The molecule has 0 bridgehead atoms. The maximum absolute atomic E-state index is 14.4. The standard InChI is InChI=1S/C22H15FN2O3/c23-19-13-25-9-7-17(19)22(15-3-1-14(12-24)2-4-15)28-16-5-6-18-20(26)8-10-27-21(18)11-16/h1-7,9,11,13,22H,8,10H2. The van der Waals surface area contributed by atoms with Gasteiger partial charge in [0.1, 0.15) is 17.3 Å². The van der Waals surface area contributed by atoms with Gasteiger partial charge in [-0.25, -0.2) is 4.39 Å². The maximum atomic E-state index is 14.4. The Labute approximate surface area is 161 Å². The molecule has 0 N–H and O–H groups in total. The van der Waals surface area contributed by atoms with Gasteiger partial charge in [0.05, 0.1) is 30.0 Å². The van der Waals surface area contributed by atoms with Crippen LogP contribution in [0.4, 0.5) is 4.39 Å². The number of carbonyl (C=O) groups is 1. The summed E-state index contributed by atoms with van der Waals surface area (Å²) in [5, 5.41) is 9.01. The molecule has 0 spiro atoms. The van der Waals surface area contributed by atoms with Gasteiger partial charge in [-0.2, -0.15) is 5.26 Å². The number of nitriles is 1. The third kappa shape index (κ3) is 3.42. The first kappa shape index (κ1) is 17.7. The maximum Gasteiger partial charge on any atom is 0.169 e. The smallest absolute Gasteiger partial charge is 0.169 e. The van der Waals surface area contributed by atoms with E-state index in [4.69, 9.17) is 14.7 Å². The molecule has 0 radical (unpaired) electrons. The van der Waals surface area contributed by atoms with Crippen molar-refractivity contribution in [2.24, 2.45) is 0 Å². The summed E-state index contributed by atoms with van der Waals surface area (Å²) in [5.74, 6) is 0.430. The second kappa shape index (κ2) is 7.49. The fourth-order valence-corrected chi connectivity index (χ4v) is 3.09. The summed E-state index contributed by atoms with van der Waals surface area (Å²) < 4.78 is 26.1. The topological polar surface area (TPSA) is 72.2 Å². The van der Waals surface area contributed by atoms with Gasteiger partial charge >= 0.3 is 0 Å². The zero-order valence-electron chi connectivity index (χ0n) is 14.8. The summed E-state index contributed by atoms with van der Waals surface area (Å²) in [5.41, 5.74) is 2.01. The van der Waals surface area contributed by atoms with Crippen molar-refractivity contribution in [2.45, 2.75) is 12.5 Å². The van der Waals surface area contributed by atoms with E-state index in [0.717, 1.165) is 6.20 Å². The predicted molar refractivity (Wildman–Crippen MR) is 98.7 cm³/mol. The molecule has 0 fully saturated rings. The summed E-state index contributed by atoms with van der Waals surface area (Å²) in [6.07, 6.45) is 2.22. The SMILES string of the molecule is N#Cc1ccc(C(Oc2ccc3c(c2)OCCC3=O)c2ccncc2F)cc1. The molecule has 1 aromatic heterocycles. The van der Waals surface area contributed by atoms with Crippen molar-refractivity contribution in [3.8, 4) is 17.6 Å². The molecular weight excluding hydrogens is 359 g/mol. The largest absolute Gasteiger partial charge is 0.492 e. The number of rotatable bonds is 4. The Bertz CT molecular complexity index is 1070. The number of hydrogen-bond donors (Lipinski definition) is 0. The molecule has 28 heavy (non-hydrogen) atoms. The quantitative estimate of drug-likeness (QED) is 0.683. The number of ether oxygens (including phenoxy) is 2. The van der Waals surface area contributed by atoms with E-state index in [-0.39, 0.29) is 5.78 Å². The molecule has 1 aliphatic heterocycles. The van der Waals surface area contributed by atoms with Gasteiger partial charge in [0.15, 0.2) is 11.9 Å². The van der Waals surface area contributed by atoms with Crippen molar-refractivity contribution in [3.63, 3.8) is 0 Å². The lowest BCUT2D eigenvalue weighted by molar-refractivity contribution is 0.0933. The number of benzene rings is 2. The molecule has 1 atom stereocenters. The van der Waals surface area contributed by atoms with Crippen LogP contribution < -0.4 is 9.47 Å². The second-order valence-corrected chi connectivity index (χ2v) is 6.31. The van der Waals surface area contributed by atoms with Crippen LogP contribution in [-0.2, 0) is 0 Å². The van der Waals surface area contributed by atoms with Crippen LogP contribution in [0.15, 0.2) is 60.9 Å². The van der Waals surface area contributed by atoms with Gasteiger partial charge in [0, 0.05) is 24.2 Å². The Morgan fingerprint density at radius 2 is 2.00 bits per heavy atom. The van der Waals surface area contributed by atoms with E-state index in [1.807, 2.05) is 0 Å². The molecular formula is C22H15FN2O3. The molecule has 2 aromatic carbocycles. The van der Waals surface area contributed by atoms with Crippen molar-refractivity contribution in [1.82, 2.24) is 4.98 Å². The number of carbonyl (C=O) groups excluding carboxylic acids is 1. The first-order chi connectivity index (χ1) is 13.7. The number of nitrogens with zero attached hydrogens (tertiary/aromatic N) is 2. The van der Waals surface area contributed by atoms with Crippen LogP contribution >= 0.6 is 0 Å². The van der Waals surface area contributed by atoms with E-state index in [1.54, 1.807) is 48.5 Å². The highest BCUT2D eigenvalue weighted by Crippen LogP contribution is 2.34. The Balaban J connectivity index is 1.73. The minimum atomic E-state index is -0.756. The van der Waals surface area contributed by atoms with Crippen molar-refractivity contribution >= 4 is 5.78 Å². The number of pyridine rings is 1. The zero-order valence-corrected chi connectivity index (χ0v) is 14.8. The fourth-order valence-electron chi connectivity index (χ4n) is 3.09. The van der Waals surface area contributed by atoms with E-state index in [1.165, 1.54) is 6.20 Å². The van der Waals surface area contributed by atoms with Crippen LogP contribution in [0.1, 0.15) is 39.6 Å².